The number of ether oxygens (including phenoxy) is 2. The van der Waals surface area contributed by atoms with Gasteiger partial charge in [0.05, 0.1) is 0 Å². The highest BCUT2D eigenvalue weighted by Gasteiger charge is 2.32. The van der Waals surface area contributed by atoms with Gasteiger partial charge in [0.15, 0.2) is 0 Å². The molecule has 1 amide bonds. The normalized spacial score (nSPS) is 16.6. The van der Waals surface area contributed by atoms with Crippen molar-refractivity contribution in [3.05, 3.63) is 23.8 Å². The van der Waals surface area contributed by atoms with Crippen LogP contribution in [0, 0.1) is 0 Å². The molecule has 0 atom stereocenters. The van der Waals surface area contributed by atoms with E-state index in [-0.39, 0.29) is 17.4 Å². The van der Waals surface area contributed by atoms with E-state index in [2.05, 4.69) is 4.74 Å². The molecule has 5 nitrogen and oxygen atoms in total. The molecule has 0 radical (unpaired) electrons. The SMILES string of the molecule is CC(C)(C)OC(=O)N1CCC(c2cc(OC(F)(F)F)ccc2O)CC1. The first-order valence-electron chi connectivity index (χ1n) is 8.01. The van der Waals surface area contributed by atoms with E-state index in [4.69, 9.17) is 4.74 Å². The van der Waals surface area contributed by atoms with Crippen molar-refractivity contribution in [2.75, 3.05) is 13.1 Å². The van der Waals surface area contributed by atoms with Gasteiger partial charge in [0.25, 0.3) is 0 Å². The van der Waals surface area contributed by atoms with Crippen LogP contribution in [0.5, 0.6) is 11.5 Å². The highest BCUT2D eigenvalue weighted by molar-refractivity contribution is 5.68. The van der Waals surface area contributed by atoms with E-state index < -0.39 is 18.1 Å². The summed E-state index contributed by atoms with van der Waals surface area (Å²) < 4.78 is 46.3. The second-order valence-electron chi connectivity index (χ2n) is 7.01. The number of hydrogen-bond acceptors (Lipinski definition) is 4. The molecule has 1 heterocycles. The maximum Gasteiger partial charge on any atom is 0.573 e. The number of benzene rings is 1. The number of aromatic hydroxyl groups is 1. The molecule has 1 aromatic rings. The summed E-state index contributed by atoms with van der Waals surface area (Å²) in [6.45, 7) is 6.15. The Morgan fingerprint density at radius 3 is 2.32 bits per heavy atom. The Morgan fingerprint density at radius 1 is 1.20 bits per heavy atom. The first-order chi connectivity index (χ1) is 11.4. The Bertz CT molecular complexity index is 617. The fourth-order valence-corrected chi connectivity index (χ4v) is 2.76. The fourth-order valence-electron chi connectivity index (χ4n) is 2.76. The standard InChI is InChI=1S/C17H22F3NO4/c1-16(2,3)25-15(23)21-8-6-11(7-9-21)13-10-12(4-5-14(13)22)24-17(18,19)20/h4-5,10-11,22H,6-9H2,1-3H3. The monoisotopic (exact) mass is 361 g/mol. The Labute approximate surface area is 144 Å². The van der Waals surface area contributed by atoms with Crippen LogP contribution < -0.4 is 4.74 Å². The van der Waals surface area contributed by atoms with Gasteiger partial charge < -0.3 is 19.5 Å². The number of hydrogen-bond donors (Lipinski definition) is 1. The zero-order chi connectivity index (χ0) is 18.8. The van der Waals surface area contributed by atoms with E-state index in [9.17, 15) is 23.1 Å². The molecule has 8 heteroatoms. The van der Waals surface area contributed by atoms with Crippen LogP contribution in [0.15, 0.2) is 18.2 Å². The number of likely N-dealkylation sites (tertiary alicyclic amines) is 1. The maximum atomic E-state index is 12.3. The number of amides is 1. The molecule has 0 unspecified atom stereocenters. The molecule has 1 aliphatic rings. The van der Waals surface area contributed by atoms with E-state index in [0.717, 1.165) is 6.07 Å². The van der Waals surface area contributed by atoms with Gasteiger partial charge in [0, 0.05) is 18.7 Å². The lowest BCUT2D eigenvalue weighted by Gasteiger charge is -2.33. The fraction of sp³-hybridized carbons (Fsp3) is 0.588. The summed E-state index contributed by atoms with van der Waals surface area (Å²) in [4.78, 5) is 13.6. The van der Waals surface area contributed by atoms with Crippen LogP contribution in [-0.2, 0) is 4.74 Å². The minimum absolute atomic E-state index is 0.0785. The van der Waals surface area contributed by atoms with Gasteiger partial charge in [-0.25, -0.2) is 4.79 Å². The molecule has 0 spiro atoms. The van der Waals surface area contributed by atoms with E-state index >= 15 is 0 Å². The van der Waals surface area contributed by atoms with Gasteiger partial charge in [-0.15, -0.1) is 13.2 Å². The summed E-state index contributed by atoms with van der Waals surface area (Å²) >= 11 is 0. The Morgan fingerprint density at radius 2 is 1.80 bits per heavy atom. The van der Waals surface area contributed by atoms with Crippen molar-refractivity contribution < 1.29 is 32.5 Å². The van der Waals surface area contributed by atoms with Gasteiger partial charge in [0.1, 0.15) is 17.1 Å². The molecule has 140 valence electrons. The van der Waals surface area contributed by atoms with Crippen molar-refractivity contribution in [1.29, 1.82) is 0 Å². The second kappa shape index (κ2) is 7.01. The minimum atomic E-state index is -4.78. The lowest BCUT2D eigenvalue weighted by Crippen LogP contribution is -2.41. The maximum absolute atomic E-state index is 12.3. The zero-order valence-corrected chi connectivity index (χ0v) is 14.4. The number of halogens is 3. The summed E-state index contributed by atoms with van der Waals surface area (Å²) in [6.07, 6.45) is -4.16. The third-order valence-corrected chi connectivity index (χ3v) is 3.82. The third kappa shape index (κ3) is 5.72. The number of alkyl halides is 3. The summed E-state index contributed by atoms with van der Waals surface area (Å²) in [7, 11) is 0. The Kier molecular flexibility index (Phi) is 5.39. The zero-order valence-electron chi connectivity index (χ0n) is 14.4. The van der Waals surface area contributed by atoms with E-state index in [1.807, 2.05) is 0 Å². The number of rotatable bonds is 2. The van der Waals surface area contributed by atoms with Gasteiger partial charge >= 0.3 is 12.5 Å². The van der Waals surface area contributed by atoms with Crippen molar-refractivity contribution in [2.45, 2.75) is 51.5 Å². The van der Waals surface area contributed by atoms with Crippen LogP contribution in [0.25, 0.3) is 0 Å². The summed E-state index contributed by atoms with van der Waals surface area (Å²) in [5.74, 6) is -0.601. The number of nitrogens with zero attached hydrogens (tertiary/aromatic N) is 1. The topological polar surface area (TPSA) is 59.0 Å². The lowest BCUT2D eigenvalue weighted by molar-refractivity contribution is -0.274. The van der Waals surface area contributed by atoms with Crippen LogP contribution in [-0.4, -0.2) is 41.2 Å². The first kappa shape index (κ1) is 19.2. The van der Waals surface area contributed by atoms with Crippen LogP contribution in [0.2, 0.25) is 0 Å². The molecule has 1 aliphatic heterocycles. The molecule has 1 fully saturated rings. The number of carbonyl (C=O) groups is 1. The summed E-state index contributed by atoms with van der Waals surface area (Å²) in [6, 6.07) is 3.47. The number of piperidine rings is 1. The van der Waals surface area contributed by atoms with Crippen molar-refractivity contribution in [3.8, 4) is 11.5 Å². The molecule has 0 bridgehead atoms. The van der Waals surface area contributed by atoms with Gasteiger partial charge in [-0.3, -0.25) is 0 Å². The quantitative estimate of drug-likeness (QED) is 0.848. The molecule has 0 aromatic heterocycles. The van der Waals surface area contributed by atoms with Gasteiger partial charge in [-0.2, -0.15) is 0 Å². The minimum Gasteiger partial charge on any atom is -0.508 e. The molecule has 0 saturated carbocycles. The predicted octanol–water partition coefficient (Wildman–Crippen LogP) is 4.41. The average molecular weight is 361 g/mol. The highest BCUT2D eigenvalue weighted by Crippen LogP contribution is 2.37. The van der Waals surface area contributed by atoms with Crippen molar-refractivity contribution in [3.63, 3.8) is 0 Å². The predicted molar refractivity (Wildman–Crippen MR) is 84.6 cm³/mol. The van der Waals surface area contributed by atoms with E-state index in [0.29, 0.717) is 31.5 Å². The van der Waals surface area contributed by atoms with Gasteiger partial charge in [-0.05, 0) is 57.7 Å². The molecule has 2 rings (SSSR count). The van der Waals surface area contributed by atoms with Crippen molar-refractivity contribution in [2.24, 2.45) is 0 Å². The van der Waals surface area contributed by atoms with Crippen LogP contribution in [0.1, 0.15) is 45.1 Å². The molecular weight excluding hydrogens is 339 g/mol. The van der Waals surface area contributed by atoms with Crippen LogP contribution >= 0.6 is 0 Å². The average Bonchev–Trinajstić information content (AvgIpc) is 2.46. The number of phenolic OH excluding ortho intramolecular Hbond substituents is 1. The second-order valence-corrected chi connectivity index (χ2v) is 7.01. The molecule has 25 heavy (non-hydrogen) atoms. The molecule has 1 saturated heterocycles. The van der Waals surface area contributed by atoms with Crippen molar-refractivity contribution in [1.82, 2.24) is 4.90 Å². The lowest BCUT2D eigenvalue weighted by atomic mass is 9.89. The van der Waals surface area contributed by atoms with Gasteiger partial charge in [-0.1, -0.05) is 0 Å². The molecule has 0 aliphatic carbocycles. The smallest absolute Gasteiger partial charge is 0.508 e. The molecule has 1 N–H and O–H groups in total. The van der Waals surface area contributed by atoms with E-state index in [1.165, 1.54) is 12.1 Å². The van der Waals surface area contributed by atoms with Crippen molar-refractivity contribution >= 4 is 6.09 Å². The van der Waals surface area contributed by atoms with Crippen LogP contribution in [0.4, 0.5) is 18.0 Å². The number of phenols is 1. The van der Waals surface area contributed by atoms with Crippen LogP contribution in [0.3, 0.4) is 0 Å². The first-order valence-corrected chi connectivity index (χ1v) is 8.01. The van der Waals surface area contributed by atoms with Gasteiger partial charge in [0.2, 0.25) is 0 Å². The Balaban J connectivity index is 2.03. The summed E-state index contributed by atoms with van der Waals surface area (Å²) in [5.41, 5.74) is -0.194. The largest absolute Gasteiger partial charge is 0.573 e. The molecular formula is C17H22F3NO4. The Hall–Kier alpha value is -2.12. The summed E-state index contributed by atoms with van der Waals surface area (Å²) in [5, 5.41) is 9.97. The number of carbonyl (C=O) groups excluding carboxylic acids is 1. The third-order valence-electron chi connectivity index (χ3n) is 3.82. The highest BCUT2D eigenvalue weighted by atomic mass is 19.4. The van der Waals surface area contributed by atoms with E-state index in [1.54, 1.807) is 25.7 Å². The molecule has 1 aromatic carbocycles.